The lowest BCUT2D eigenvalue weighted by Gasteiger charge is -2.13. The Labute approximate surface area is 93.7 Å². The predicted molar refractivity (Wildman–Crippen MR) is 60.2 cm³/mol. The monoisotopic (exact) mass is 212 g/mol. The Morgan fingerprint density at radius 1 is 1.19 bits per heavy atom. The molecule has 1 fully saturated rings. The molecule has 16 heavy (non-hydrogen) atoms. The van der Waals surface area contributed by atoms with Crippen LogP contribution in [0.4, 0.5) is 0 Å². The third kappa shape index (κ3) is 1.28. The normalized spacial score (nSPS) is 17.0. The maximum Gasteiger partial charge on any atom is 0.257 e. The second-order valence-electron chi connectivity index (χ2n) is 4.20. The highest BCUT2D eigenvalue weighted by molar-refractivity contribution is 5.92. The van der Waals surface area contributed by atoms with Crippen molar-refractivity contribution in [2.45, 2.75) is 18.3 Å². The number of nitrogens with zero attached hydrogens (tertiary/aromatic N) is 2. The van der Waals surface area contributed by atoms with E-state index in [0.29, 0.717) is 0 Å². The molecule has 0 atom stereocenters. The fourth-order valence-electron chi connectivity index (χ4n) is 2.12. The first-order valence-corrected chi connectivity index (χ1v) is 5.43. The molecular formula is C13H12N2O. The number of aromatic nitrogens is 2. The van der Waals surface area contributed by atoms with Gasteiger partial charge in [-0.05, 0) is 24.5 Å². The quantitative estimate of drug-likeness (QED) is 0.765. The molecule has 3 rings (SSSR count). The average molecular weight is 212 g/mol. The zero-order valence-corrected chi connectivity index (χ0v) is 8.84. The van der Waals surface area contributed by atoms with Crippen LogP contribution >= 0.6 is 0 Å². The summed E-state index contributed by atoms with van der Waals surface area (Å²) >= 11 is 0. The minimum absolute atomic E-state index is 0.0868. The van der Waals surface area contributed by atoms with Gasteiger partial charge in [0.05, 0.1) is 5.41 Å². The van der Waals surface area contributed by atoms with Gasteiger partial charge < -0.3 is 0 Å². The first kappa shape index (κ1) is 9.33. The van der Waals surface area contributed by atoms with E-state index in [-0.39, 0.29) is 11.3 Å². The topological polar surface area (TPSA) is 34.9 Å². The van der Waals surface area contributed by atoms with Gasteiger partial charge in [-0.3, -0.25) is 4.79 Å². The van der Waals surface area contributed by atoms with Crippen molar-refractivity contribution in [3.8, 4) is 0 Å². The van der Waals surface area contributed by atoms with Gasteiger partial charge >= 0.3 is 0 Å². The predicted octanol–water partition coefficient (Wildman–Crippen LogP) is 2.26. The summed E-state index contributed by atoms with van der Waals surface area (Å²) in [7, 11) is 0. The molecule has 3 heteroatoms. The van der Waals surface area contributed by atoms with E-state index in [2.05, 4.69) is 5.10 Å². The highest BCUT2D eigenvalue weighted by atomic mass is 16.2. The van der Waals surface area contributed by atoms with Crippen LogP contribution in [0.2, 0.25) is 0 Å². The van der Waals surface area contributed by atoms with Crippen LogP contribution < -0.4 is 0 Å². The van der Waals surface area contributed by atoms with Gasteiger partial charge in [0.25, 0.3) is 5.91 Å². The van der Waals surface area contributed by atoms with Crippen LogP contribution in [0.3, 0.4) is 0 Å². The van der Waals surface area contributed by atoms with Crippen molar-refractivity contribution in [1.82, 2.24) is 9.78 Å². The van der Waals surface area contributed by atoms with E-state index < -0.39 is 0 Å². The first-order chi connectivity index (χ1) is 7.83. The van der Waals surface area contributed by atoms with Crippen molar-refractivity contribution in [3.05, 3.63) is 54.4 Å². The number of hydrogen-bond acceptors (Lipinski definition) is 2. The van der Waals surface area contributed by atoms with Crippen LogP contribution in [-0.4, -0.2) is 15.7 Å². The molecule has 1 saturated carbocycles. The third-order valence-corrected chi connectivity index (χ3v) is 3.20. The molecule has 1 aliphatic carbocycles. The van der Waals surface area contributed by atoms with Crippen molar-refractivity contribution in [2.24, 2.45) is 0 Å². The first-order valence-electron chi connectivity index (χ1n) is 5.43. The Bertz CT molecular complexity index is 498. The number of hydrogen-bond donors (Lipinski definition) is 0. The molecule has 2 aromatic rings. The third-order valence-electron chi connectivity index (χ3n) is 3.20. The fourth-order valence-corrected chi connectivity index (χ4v) is 2.12. The van der Waals surface area contributed by atoms with E-state index in [1.54, 1.807) is 18.5 Å². The van der Waals surface area contributed by atoms with E-state index >= 15 is 0 Å². The smallest absolute Gasteiger partial charge is 0.257 e. The Kier molecular flexibility index (Phi) is 1.93. The maximum atomic E-state index is 12.3. The van der Waals surface area contributed by atoms with E-state index in [9.17, 15) is 4.79 Å². The van der Waals surface area contributed by atoms with Gasteiger partial charge in [0.1, 0.15) is 0 Å². The van der Waals surface area contributed by atoms with E-state index in [1.807, 2.05) is 30.3 Å². The fraction of sp³-hybridized carbons (Fsp3) is 0.231. The highest BCUT2D eigenvalue weighted by Gasteiger charge is 2.52. The molecule has 0 amide bonds. The lowest BCUT2D eigenvalue weighted by molar-refractivity contribution is 0.0846. The van der Waals surface area contributed by atoms with Crippen LogP contribution in [0, 0.1) is 0 Å². The van der Waals surface area contributed by atoms with Gasteiger partial charge in [-0.2, -0.15) is 5.10 Å². The standard InChI is InChI=1S/C13H12N2O/c16-12(15-10-4-9-14-15)13(7-8-13)11-5-2-1-3-6-11/h1-6,9-10H,7-8H2. The Morgan fingerprint density at radius 2 is 1.94 bits per heavy atom. The molecule has 0 bridgehead atoms. The summed E-state index contributed by atoms with van der Waals surface area (Å²) in [5.41, 5.74) is 0.795. The van der Waals surface area contributed by atoms with E-state index in [1.165, 1.54) is 4.68 Å². The summed E-state index contributed by atoms with van der Waals surface area (Å²) in [5, 5.41) is 4.02. The minimum Gasteiger partial charge on any atom is -0.272 e. The van der Waals surface area contributed by atoms with Crippen LogP contribution in [0.25, 0.3) is 0 Å². The lowest BCUT2D eigenvalue weighted by atomic mass is 9.95. The van der Waals surface area contributed by atoms with Gasteiger partial charge in [0.2, 0.25) is 0 Å². The molecule has 0 radical (unpaired) electrons. The zero-order chi connectivity index (χ0) is 11.0. The highest BCUT2D eigenvalue weighted by Crippen LogP contribution is 2.49. The number of benzene rings is 1. The number of carbonyl (C=O) groups excluding carboxylic acids is 1. The molecule has 0 unspecified atom stereocenters. The summed E-state index contributed by atoms with van der Waals surface area (Å²) < 4.78 is 1.44. The molecular weight excluding hydrogens is 200 g/mol. The van der Waals surface area contributed by atoms with E-state index in [0.717, 1.165) is 18.4 Å². The summed E-state index contributed by atoms with van der Waals surface area (Å²) in [6, 6.07) is 11.7. The molecule has 1 heterocycles. The minimum atomic E-state index is -0.312. The van der Waals surface area contributed by atoms with Crippen molar-refractivity contribution < 1.29 is 4.79 Å². The van der Waals surface area contributed by atoms with Crippen molar-refractivity contribution >= 4 is 5.91 Å². The zero-order valence-electron chi connectivity index (χ0n) is 8.84. The van der Waals surface area contributed by atoms with Gasteiger partial charge in [-0.15, -0.1) is 0 Å². The maximum absolute atomic E-state index is 12.3. The largest absolute Gasteiger partial charge is 0.272 e. The molecule has 0 spiro atoms. The Morgan fingerprint density at radius 3 is 2.50 bits per heavy atom. The van der Waals surface area contributed by atoms with Crippen LogP contribution in [0.1, 0.15) is 23.2 Å². The molecule has 1 aliphatic rings. The van der Waals surface area contributed by atoms with Crippen LogP contribution in [0.15, 0.2) is 48.8 Å². The molecule has 80 valence electrons. The van der Waals surface area contributed by atoms with Gasteiger partial charge in [-0.1, -0.05) is 30.3 Å². The SMILES string of the molecule is O=C(n1cccn1)C1(c2ccccc2)CC1. The summed E-state index contributed by atoms with van der Waals surface area (Å²) in [4.78, 5) is 12.3. The van der Waals surface area contributed by atoms with Gasteiger partial charge in [0, 0.05) is 12.4 Å². The van der Waals surface area contributed by atoms with Crippen LogP contribution in [0.5, 0.6) is 0 Å². The van der Waals surface area contributed by atoms with Crippen LogP contribution in [-0.2, 0) is 5.41 Å². The number of rotatable bonds is 2. The molecule has 1 aromatic heterocycles. The average Bonchev–Trinajstić information content (AvgIpc) is 2.97. The van der Waals surface area contributed by atoms with Crippen molar-refractivity contribution in [1.29, 1.82) is 0 Å². The second-order valence-corrected chi connectivity index (χ2v) is 4.20. The molecule has 0 aliphatic heterocycles. The van der Waals surface area contributed by atoms with E-state index in [4.69, 9.17) is 0 Å². The summed E-state index contributed by atoms with van der Waals surface area (Å²) in [6.45, 7) is 0. The molecule has 0 N–H and O–H groups in total. The van der Waals surface area contributed by atoms with Gasteiger partial charge in [0.15, 0.2) is 0 Å². The van der Waals surface area contributed by atoms with Gasteiger partial charge in [-0.25, -0.2) is 4.68 Å². The summed E-state index contributed by atoms with van der Waals surface area (Å²) in [6.07, 6.45) is 5.20. The Hall–Kier alpha value is -1.90. The Balaban J connectivity index is 1.98. The van der Waals surface area contributed by atoms with Crippen molar-refractivity contribution in [3.63, 3.8) is 0 Å². The molecule has 0 saturated heterocycles. The second kappa shape index (κ2) is 3.30. The number of carbonyl (C=O) groups is 1. The summed E-state index contributed by atoms with van der Waals surface area (Å²) in [5.74, 6) is 0.0868. The molecule has 3 nitrogen and oxygen atoms in total. The molecule has 1 aromatic carbocycles. The van der Waals surface area contributed by atoms with Crippen molar-refractivity contribution in [2.75, 3.05) is 0 Å². The lowest BCUT2D eigenvalue weighted by Crippen LogP contribution is -2.27.